The van der Waals surface area contributed by atoms with Crippen molar-refractivity contribution in [2.75, 3.05) is 11.4 Å². The lowest BCUT2D eigenvalue weighted by Gasteiger charge is -2.30. The van der Waals surface area contributed by atoms with Crippen LogP contribution in [-0.4, -0.2) is 18.2 Å². The van der Waals surface area contributed by atoms with Crippen molar-refractivity contribution in [1.29, 1.82) is 0 Å². The number of ketones is 1. The van der Waals surface area contributed by atoms with Gasteiger partial charge < -0.3 is 4.90 Å². The lowest BCUT2D eigenvalue weighted by molar-refractivity contribution is -0.118. The van der Waals surface area contributed by atoms with Crippen molar-refractivity contribution in [2.24, 2.45) is 0 Å². The van der Waals surface area contributed by atoms with Gasteiger partial charge in [0.05, 0.1) is 0 Å². The molecule has 1 aliphatic heterocycles. The lowest BCUT2D eigenvalue weighted by atomic mass is 9.97. The first-order valence-electron chi connectivity index (χ1n) is 8.13. The Balaban J connectivity index is 1.77. The molecule has 3 heteroatoms. The van der Waals surface area contributed by atoms with Gasteiger partial charge in [0.1, 0.15) is 0 Å². The maximum Gasteiger partial charge on any atom is 0.227 e. The summed E-state index contributed by atoms with van der Waals surface area (Å²) in [6.45, 7) is 2.30. The molecule has 0 fully saturated rings. The summed E-state index contributed by atoms with van der Waals surface area (Å²) in [7, 11) is 0. The third kappa shape index (κ3) is 3.50. The summed E-state index contributed by atoms with van der Waals surface area (Å²) in [6, 6.07) is 15.8. The number of rotatable bonds is 4. The molecule has 3 nitrogen and oxygen atoms in total. The number of benzene rings is 2. The van der Waals surface area contributed by atoms with Crippen molar-refractivity contribution in [3.05, 3.63) is 65.2 Å². The van der Waals surface area contributed by atoms with Gasteiger partial charge in [-0.3, -0.25) is 9.59 Å². The standard InChI is InChI=1S/C20H21NO2/c1-15(22)18-11-10-17-8-5-13-21(19(17)14-18)20(23)12-9-16-6-3-2-4-7-16/h2-4,6-7,10-11,14H,5,8-9,12-13H2,1H3. The maximum absolute atomic E-state index is 12.7. The van der Waals surface area contributed by atoms with Crippen LogP contribution >= 0.6 is 0 Å². The second kappa shape index (κ2) is 6.78. The third-order valence-corrected chi connectivity index (χ3v) is 4.38. The number of carbonyl (C=O) groups is 2. The average molecular weight is 307 g/mol. The zero-order valence-electron chi connectivity index (χ0n) is 13.4. The molecule has 0 spiro atoms. The van der Waals surface area contributed by atoms with Gasteiger partial charge in [-0.25, -0.2) is 0 Å². The van der Waals surface area contributed by atoms with Crippen molar-refractivity contribution in [3.63, 3.8) is 0 Å². The normalized spacial score (nSPS) is 13.5. The molecule has 0 bridgehead atoms. The van der Waals surface area contributed by atoms with Crippen LogP contribution < -0.4 is 4.90 Å². The van der Waals surface area contributed by atoms with E-state index >= 15 is 0 Å². The number of anilines is 1. The lowest BCUT2D eigenvalue weighted by Crippen LogP contribution is -2.35. The molecule has 23 heavy (non-hydrogen) atoms. The molecule has 0 saturated carbocycles. The fraction of sp³-hybridized carbons (Fsp3) is 0.300. The molecule has 1 aliphatic rings. The number of amides is 1. The van der Waals surface area contributed by atoms with Gasteiger partial charge in [-0.2, -0.15) is 0 Å². The molecule has 1 amide bonds. The van der Waals surface area contributed by atoms with Gasteiger partial charge in [0, 0.05) is 24.2 Å². The zero-order chi connectivity index (χ0) is 16.2. The Bertz CT molecular complexity index is 722. The molecule has 0 aromatic heterocycles. The molecular formula is C20H21NO2. The predicted molar refractivity (Wildman–Crippen MR) is 91.9 cm³/mol. The Morgan fingerprint density at radius 1 is 1.09 bits per heavy atom. The summed E-state index contributed by atoms with van der Waals surface area (Å²) in [4.78, 5) is 26.1. The van der Waals surface area contributed by atoms with Crippen LogP contribution in [0.1, 0.15) is 41.3 Å². The minimum Gasteiger partial charge on any atom is -0.312 e. The van der Waals surface area contributed by atoms with E-state index in [0.717, 1.165) is 37.1 Å². The molecule has 2 aromatic rings. The van der Waals surface area contributed by atoms with E-state index < -0.39 is 0 Å². The molecule has 3 rings (SSSR count). The first-order valence-corrected chi connectivity index (χ1v) is 8.13. The molecule has 0 radical (unpaired) electrons. The molecule has 0 aliphatic carbocycles. The highest BCUT2D eigenvalue weighted by molar-refractivity contribution is 5.99. The summed E-state index contributed by atoms with van der Waals surface area (Å²) in [5, 5.41) is 0. The van der Waals surface area contributed by atoms with Crippen LogP contribution in [0.2, 0.25) is 0 Å². The molecule has 0 N–H and O–H groups in total. The Morgan fingerprint density at radius 2 is 1.87 bits per heavy atom. The summed E-state index contributed by atoms with van der Waals surface area (Å²) < 4.78 is 0. The molecule has 0 saturated heterocycles. The Kier molecular flexibility index (Phi) is 4.56. The number of nitrogens with zero attached hydrogens (tertiary/aromatic N) is 1. The minimum absolute atomic E-state index is 0.0371. The highest BCUT2D eigenvalue weighted by atomic mass is 16.2. The summed E-state index contributed by atoms with van der Waals surface area (Å²) in [6.07, 6.45) is 3.19. The maximum atomic E-state index is 12.7. The molecule has 0 atom stereocenters. The third-order valence-electron chi connectivity index (χ3n) is 4.38. The summed E-state index contributed by atoms with van der Waals surface area (Å²) in [5.74, 6) is 0.172. The van der Waals surface area contributed by atoms with E-state index in [1.54, 1.807) is 6.92 Å². The van der Waals surface area contributed by atoms with Crippen LogP contribution in [0, 0.1) is 0 Å². The second-order valence-corrected chi connectivity index (χ2v) is 6.03. The van der Waals surface area contributed by atoms with Gasteiger partial charge in [-0.15, -0.1) is 0 Å². The van der Waals surface area contributed by atoms with E-state index in [0.29, 0.717) is 12.0 Å². The Morgan fingerprint density at radius 3 is 2.61 bits per heavy atom. The van der Waals surface area contributed by atoms with Crippen LogP contribution in [0.15, 0.2) is 48.5 Å². The fourth-order valence-electron chi connectivity index (χ4n) is 3.08. The van der Waals surface area contributed by atoms with E-state index in [9.17, 15) is 9.59 Å². The van der Waals surface area contributed by atoms with Crippen molar-refractivity contribution in [3.8, 4) is 0 Å². The quantitative estimate of drug-likeness (QED) is 0.806. The summed E-state index contributed by atoms with van der Waals surface area (Å²) in [5.41, 5.74) is 3.93. The number of aryl methyl sites for hydroxylation is 2. The Hall–Kier alpha value is -2.42. The molecule has 2 aromatic carbocycles. The minimum atomic E-state index is 0.0371. The molecule has 0 unspecified atom stereocenters. The van der Waals surface area contributed by atoms with E-state index in [1.807, 2.05) is 53.4 Å². The first kappa shape index (κ1) is 15.5. The van der Waals surface area contributed by atoms with Crippen LogP contribution in [0.5, 0.6) is 0 Å². The van der Waals surface area contributed by atoms with Crippen LogP contribution in [0.4, 0.5) is 5.69 Å². The van der Waals surface area contributed by atoms with E-state index in [1.165, 1.54) is 5.56 Å². The van der Waals surface area contributed by atoms with Crippen molar-refractivity contribution in [1.82, 2.24) is 0 Å². The van der Waals surface area contributed by atoms with Gasteiger partial charge in [0.15, 0.2) is 5.78 Å². The highest BCUT2D eigenvalue weighted by Gasteiger charge is 2.23. The van der Waals surface area contributed by atoms with Crippen LogP contribution in [0.3, 0.4) is 0 Å². The summed E-state index contributed by atoms with van der Waals surface area (Å²) >= 11 is 0. The smallest absolute Gasteiger partial charge is 0.227 e. The number of hydrogen-bond donors (Lipinski definition) is 0. The van der Waals surface area contributed by atoms with Crippen molar-refractivity contribution in [2.45, 2.75) is 32.6 Å². The fourth-order valence-corrected chi connectivity index (χ4v) is 3.08. The van der Waals surface area contributed by atoms with Crippen molar-refractivity contribution < 1.29 is 9.59 Å². The van der Waals surface area contributed by atoms with Gasteiger partial charge in [0.25, 0.3) is 0 Å². The number of carbonyl (C=O) groups excluding carboxylic acids is 2. The number of Topliss-reactive ketones (excluding diaryl/α,β-unsaturated/α-hetero) is 1. The highest BCUT2D eigenvalue weighted by Crippen LogP contribution is 2.29. The monoisotopic (exact) mass is 307 g/mol. The molecule has 1 heterocycles. The van der Waals surface area contributed by atoms with Gasteiger partial charge in [0.2, 0.25) is 5.91 Å². The van der Waals surface area contributed by atoms with Crippen molar-refractivity contribution >= 4 is 17.4 Å². The SMILES string of the molecule is CC(=O)c1ccc2c(c1)N(C(=O)CCc1ccccc1)CCC2. The van der Waals surface area contributed by atoms with Crippen LogP contribution in [-0.2, 0) is 17.6 Å². The topological polar surface area (TPSA) is 37.4 Å². The second-order valence-electron chi connectivity index (χ2n) is 6.03. The Labute approximate surface area is 136 Å². The van der Waals surface area contributed by atoms with Crippen LogP contribution in [0.25, 0.3) is 0 Å². The largest absolute Gasteiger partial charge is 0.312 e. The zero-order valence-corrected chi connectivity index (χ0v) is 13.4. The predicted octanol–water partition coefficient (Wildman–Crippen LogP) is 3.80. The van der Waals surface area contributed by atoms with Gasteiger partial charge in [-0.05, 0) is 43.4 Å². The number of hydrogen-bond acceptors (Lipinski definition) is 2. The van der Waals surface area contributed by atoms with Gasteiger partial charge >= 0.3 is 0 Å². The average Bonchev–Trinajstić information content (AvgIpc) is 2.59. The molecule has 118 valence electrons. The van der Waals surface area contributed by atoms with E-state index in [4.69, 9.17) is 0 Å². The van der Waals surface area contributed by atoms with E-state index in [-0.39, 0.29) is 11.7 Å². The molecular weight excluding hydrogens is 286 g/mol. The number of fused-ring (bicyclic) bond motifs is 1. The van der Waals surface area contributed by atoms with E-state index in [2.05, 4.69) is 0 Å². The van der Waals surface area contributed by atoms with Gasteiger partial charge in [-0.1, -0.05) is 42.5 Å². The first-order chi connectivity index (χ1) is 11.1.